The maximum Gasteiger partial charge on any atom is 0.357 e. The van der Waals surface area contributed by atoms with Gasteiger partial charge in [-0.3, -0.25) is 0 Å². The van der Waals surface area contributed by atoms with E-state index in [1.165, 1.54) is 18.1 Å². The maximum absolute atomic E-state index is 11.0. The first-order chi connectivity index (χ1) is 7.17. The molecular formula is C10H10O5. The summed E-state index contributed by atoms with van der Waals surface area (Å²) < 4.78 is 8.92. The highest BCUT2D eigenvalue weighted by molar-refractivity contribution is 6.20. The lowest BCUT2D eigenvalue weighted by molar-refractivity contribution is -0.145. The molecule has 0 aromatic carbocycles. The Balaban J connectivity index is 4.42. The zero-order valence-electron chi connectivity index (χ0n) is 8.02. The van der Waals surface area contributed by atoms with Gasteiger partial charge in [0.05, 0.1) is 0 Å². The number of rotatable bonds is 6. The van der Waals surface area contributed by atoms with Gasteiger partial charge in [-0.15, -0.1) is 0 Å². The summed E-state index contributed by atoms with van der Waals surface area (Å²) in [7, 11) is 0. The lowest BCUT2D eigenvalue weighted by Crippen LogP contribution is -2.19. The number of esters is 2. The zero-order chi connectivity index (χ0) is 11.7. The second-order valence-corrected chi connectivity index (χ2v) is 2.25. The van der Waals surface area contributed by atoms with Gasteiger partial charge in [0, 0.05) is 0 Å². The lowest BCUT2D eigenvalue weighted by Gasteiger charge is -2.02. The van der Waals surface area contributed by atoms with Crippen molar-refractivity contribution in [1.29, 1.82) is 0 Å². The molecule has 0 bridgehead atoms. The van der Waals surface area contributed by atoms with Crippen molar-refractivity contribution in [3.8, 4) is 0 Å². The van der Waals surface area contributed by atoms with Crippen molar-refractivity contribution in [2.24, 2.45) is 0 Å². The molecule has 0 saturated carbocycles. The van der Waals surface area contributed by atoms with Gasteiger partial charge >= 0.3 is 11.9 Å². The first kappa shape index (κ1) is 12.9. The molecule has 0 N–H and O–H groups in total. The molecule has 0 aromatic heterocycles. The van der Waals surface area contributed by atoms with Crippen LogP contribution >= 0.6 is 0 Å². The van der Waals surface area contributed by atoms with Crippen LogP contribution in [0.3, 0.4) is 0 Å². The smallest absolute Gasteiger partial charge is 0.357 e. The topological polar surface area (TPSA) is 69.7 Å². The van der Waals surface area contributed by atoms with E-state index >= 15 is 0 Å². The number of hydrogen-bond acceptors (Lipinski definition) is 5. The van der Waals surface area contributed by atoms with E-state index in [0.717, 1.165) is 0 Å². The van der Waals surface area contributed by atoms with Crippen molar-refractivity contribution in [1.82, 2.24) is 0 Å². The predicted octanol–water partition coefficient (Wildman–Crippen LogP) is 0.203. The standard InChI is InChI=1S/C10H10O5/c1-3-5-14-9(12)8(7-11)10(13)15-6-4-2/h3-4H,1-2,5-6H2. The van der Waals surface area contributed by atoms with Crippen LogP contribution in [-0.4, -0.2) is 31.1 Å². The van der Waals surface area contributed by atoms with Crippen LogP contribution in [0.1, 0.15) is 0 Å². The summed E-state index contributed by atoms with van der Waals surface area (Å²) in [5.41, 5.74) is -0.807. The number of ether oxygens (including phenoxy) is 2. The SMILES string of the molecule is C=CCOC(=O)C(=C=O)C(=O)OCC=C. The third-order valence-electron chi connectivity index (χ3n) is 1.17. The van der Waals surface area contributed by atoms with Crippen molar-refractivity contribution >= 4 is 17.9 Å². The van der Waals surface area contributed by atoms with Gasteiger partial charge < -0.3 is 9.47 Å². The summed E-state index contributed by atoms with van der Waals surface area (Å²) in [6, 6.07) is 0. The average Bonchev–Trinajstić information content (AvgIpc) is 2.24. The molecule has 0 aliphatic rings. The quantitative estimate of drug-likeness (QED) is 0.156. The minimum absolute atomic E-state index is 0.0985. The summed E-state index contributed by atoms with van der Waals surface area (Å²) in [5, 5.41) is 0. The van der Waals surface area contributed by atoms with Crippen molar-refractivity contribution in [2.45, 2.75) is 0 Å². The van der Waals surface area contributed by atoms with Crippen LogP contribution in [0.5, 0.6) is 0 Å². The second kappa shape index (κ2) is 7.29. The summed E-state index contributed by atoms with van der Waals surface area (Å²) in [5.74, 6) is -1.00. The molecule has 5 heteroatoms. The van der Waals surface area contributed by atoms with Gasteiger partial charge in [-0.25, -0.2) is 14.4 Å². The molecule has 0 atom stereocenters. The van der Waals surface area contributed by atoms with Gasteiger partial charge in [-0.2, -0.15) is 0 Å². The minimum Gasteiger partial charge on any atom is -0.457 e. The van der Waals surface area contributed by atoms with E-state index < -0.39 is 17.5 Å². The molecule has 0 amide bonds. The molecule has 0 unspecified atom stereocenters. The van der Waals surface area contributed by atoms with Gasteiger partial charge in [0.2, 0.25) is 5.57 Å². The van der Waals surface area contributed by atoms with Crippen molar-refractivity contribution in [2.75, 3.05) is 13.2 Å². The number of carbonyl (C=O) groups excluding carboxylic acids is 3. The molecule has 0 aliphatic heterocycles. The van der Waals surface area contributed by atoms with Crippen LogP contribution in [-0.2, 0) is 23.9 Å². The predicted molar refractivity (Wildman–Crippen MR) is 51.5 cm³/mol. The van der Waals surface area contributed by atoms with Gasteiger partial charge in [0.15, 0.2) is 0 Å². The van der Waals surface area contributed by atoms with E-state index in [1.807, 2.05) is 0 Å². The Kier molecular flexibility index (Phi) is 6.26. The highest BCUT2D eigenvalue weighted by Crippen LogP contribution is 1.97. The van der Waals surface area contributed by atoms with Crippen LogP contribution < -0.4 is 0 Å². The largest absolute Gasteiger partial charge is 0.457 e. The summed E-state index contributed by atoms with van der Waals surface area (Å²) in [6.07, 6.45) is 2.60. The van der Waals surface area contributed by atoms with Gasteiger partial charge in [0.1, 0.15) is 19.2 Å². The van der Waals surface area contributed by atoms with E-state index in [1.54, 1.807) is 0 Å². The summed E-state index contributed by atoms with van der Waals surface area (Å²) in [6.45, 7) is 6.40. The molecule has 0 heterocycles. The van der Waals surface area contributed by atoms with Gasteiger partial charge in [-0.05, 0) is 0 Å². The van der Waals surface area contributed by atoms with E-state index in [0.29, 0.717) is 0 Å². The van der Waals surface area contributed by atoms with E-state index in [4.69, 9.17) is 0 Å². The number of hydrogen-bond donors (Lipinski definition) is 0. The second-order valence-electron chi connectivity index (χ2n) is 2.25. The molecule has 0 aromatic rings. The summed E-state index contributed by atoms with van der Waals surface area (Å²) in [4.78, 5) is 32.4. The molecule has 0 rings (SSSR count). The molecule has 0 aliphatic carbocycles. The Morgan fingerprint density at radius 1 is 1.07 bits per heavy atom. The molecule has 0 radical (unpaired) electrons. The Labute approximate surface area is 86.7 Å². The fourth-order valence-electron chi connectivity index (χ4n) is 0.580. The maximum atomic E-state index is 11.0. The highest BCUT2D eigenvalue weighted by atomic mass is 16.6. The van der Waals surface area contributed by atoms with E-state index in [2.05, 4.69) is 22.6 Å². The van der Waals surface area contributed by atoms with E-state index in [-0.39, 0.29) is 13.2 Å². The monoisotopic (exact) mass is 210 g/mol. The fraction of sp³-hybridized carbons (Fsp3) is 0.200. The molecule has 80 valence electrons. The number of carbonyl (C=O) groups is 2. The van der Waals surface area contributed by atoms with Crippen LogP contribution in [0.15, 0.2) is 30.9 Å². The summed E-state index contributed by atoms with van der Waals surface area (Å²) >= 11 is 0. The molecule has 15 heavy (non-hydrogen) atoms. The van der Waals surface area contributed by atoms with Crippen molar-refractivity contribution in [3.63, 3.8) is 0 Å². The molecule has 5 nitrogen and oxygen atoms in total. The lowest BCUT2D eigenvalue weighted by atomic mass is 10.3. The van der Waals surface area contributed by atoms with Crippen LogP contribution in [0, 0.1) is 0 Å². The third kappa shape index (κ3) is 4.59. The molecule has 0 saturated heterocycles. The van der Waals surface area contributed by atoms with Crippen molar-refractivity contribution < 1.29 is 23.9 Å². The van der Waals surface area contributed by atoms with Crippen molar-refractivity contribution in [3.05, 3.63) is 30.9 Å². The Morgan fingerprint density at radius 3 is 1.73 bits per heavy atom. The first-order valence-corrected chi connectivity index (χ1v) is 3.98. The van der Waals surface area contributed by atoms with E-state index in [9.17, 15) is 14.4 Å². The van der Waals surface area contributed by atoms with Crippen LogP contribution in [0.25, 0.3) is 0 Å². The van der Waals surface area contributed by atoms with Gasteiger partial charge in [0.25, 0.3) is 0 Å². The average molecular weight is 210 g/mol. The fourth-order valence-corrected chi connectivity index (χ4v) is 0.580. The normalized spacial score (nSPS) is 8.27. The van der Waals surface area contributed by atoms with Gasteiger partial charge in [-0.1, -0.05) is 25.3 Å². The zero-order valence-corrected chi connectivity index (χ0v) is 8.02. The third-order valence-corrected chi connectivity index (χ3v) is 1.17. The molecule has 0 spiro atoms. The Hall–Kier alpha value is -2.13. The minimum atomic E-state index is -1.08. The molecular weight excluding hydrogens is 200 g/mol. The Morgan fingerprint density at radius 2 is 1.47 bits per heavy atom. The highest BCUT2D eigenvalue weighted by Gasteiger charge is 2.22. The van der Waals surface area contributed by atoms with Crippen LogP contribution in [0.2, 0.25) is 0 Å². The first-order valence-electron chi connectivity index (χ1n) is 3.98. The Bertz CT molecular complexity index is 297. The van der Waals surface area contributed by atoms with Crippen LogP contribution in [0.4, 0.5) is 0 Å². The molecule has 0 fully saturated rings.